The molecule has 0 aliphatic carbocycles. The van der Waals surface area contributed by atoms with Crippen molar-refractivity contribution in [2.75, 3.05) is 33.2 Å². The van der Waals surface area contributed by atoms with E-state index < -0.39 is 0 Å². The van der Waals surface area contributed by atoms with Crippen LogP contribution in [0.5, 0.6) is 0 Å². The molecule has 4 rings (SSSR count). The van der Waals surface area contributed by atoms with Crippen molar-refractivity contribution in [3.63, 3.8) is 0 Å². The van der Waals surface area contributed by atoms with Crippen molar-refractivity contribution in [2.45, 2.75) is 32.1 Å². The van der Waals surface area contributed by atoms with Gasteiger partial charge in [-0.1, -0.05) is 0 Å². The number of aromatic nitrogens is 4. The highest BCUT2D eigenvalue weighted by Gasteiger charge is 2.30. The molecular weight excluding hydrogens is 340 g/mol. The summed E-state index contributed by atoms with van der Waals surface area (Å²) in [4.78, 5) is 33.6. The van der Waals surface area contributed by atoms with Crippen molar-refractivity contribution in [1.82, 2.24) is 29.7 Å². The second-order valence-electron chi connectivity index (χ2n) is 7.90. The Morgan fingerprint density at radius 2 is 2.00 bits per heavy atom. The van der Waals surface area contributed by atoms with E-state index in [0.717, 1.165) is 75.5 Å². The number of imidazole rings is 1. The Hall–Kier alpha value is -2.28. The first-order valence-corrected chi connectivity index (χ1v) is 9.97. The maximum atomic E-state index is 12.9. The van der Waals surface area contributed by atoms with Crippen LogP contribution >= 0.6 is 0 Å². The normalized spacial score (nSPS) is 22.1. The molecule has 144 valence electrons. The van der Waals surface area contributed by atoms with Crippen molar-refractivity contribution in [1.29, 1.82) is 0 Å². The van der Waals surface area contributed by atoms with Crippen LogP contribution in [0.3, 0.4) is 0 Å². The molecule has 2 aliphatic rings. The standard InChI is InChI=1S/C20H28N6O/c1-25-9-4-16(5-10-25)20(27)26-8-2-3-15(14-26)11-17-12-24-18(13-23-17)19-21-6-7-22-19/h6-7,12-13,15-16H,2-5,8-11,14H2,1H3,(H,21,22). The Kier molecular flexibility index (Phi) is 5.48. The number of carbonyl (C=O) groups is 1. The Morgan fingerprint density at radius 1 is 1.15 bits per heavy atom. The molecule has 0 saturated carbocycles. The van der Waals surface area contributed by atoms with Gasteiger partial charge in [0.25, 0.3) is 0 Å². The second kappa shape index (κ2) is 8.17. The number of carbonyl (C=O) groups excluding carboxylic acids is 1. The van der Waals surface area contributed by atoms with Crippen LogP contribution in [0.4, 0.5) is 0 Å². The molecule has 7 heteroatoms. The monoisotopic (exact) mass is 368 g/mol. The molecule has 1 unspecified atom stereocenters. The minimum absolute atomic E-state index is 0.215. The van der Waals surface area contributed by atoms with E-state index in [4.69, 9.17) is 0 Å². The van der Waals surface area contributed by atoms with Crippen molar-refractivity contribution >= 4 is 5.91 Å². The first kappa shape index (κ1) is 18.1. The van der Waals surface area contributed by atoms with Crippen LogP contribution in [0.1, 0.15) is 31.4 Å². The number of hydrogen-bond acceptors (Lipinski definition) is 5. The minimum Gasteiger partial charge on any atom is -0.343 e. The minimum atomic E-state index is 0.215. The molecule has 0 aromatic carbocycles. The number of aromatic amines is 1. The van der Waals surface area contributed by atoms with Crippen LogP contribution in [0.2, 0.25) is 0 Å². The third-order valence-corrected chi connectivity index (χ3v) is 5.84. The second-order valence-corrected chi connectivity index (χ2v) is 7.90. The van der Waals surface area contributed by atoms with E-state index in [2.05, 4.69) is 36.8 Å². The number of hydrogen-bond donors (Lipinski definition) is 1. The fourth-order valence-electron chi connectivity index (χ4n) is 4.23. The number of nitrogens with zero attached hydrogens (tertiary/aromatic N) is 5. The Bertz CT molecular complexity index is 736. The zero-order chi connectivity index (χ0) is 18.6. The lowest BCUT2D eigenvalue weighted by molar-refractivity contribution is -0.138. The third kappa shape index (κ3) is 4.35. The van der Waals surface area contributed by atoms with Gasteiger partial charge >= 0.3 is 0 Å². The molecule has 2 fully saturated rings. The highest BCUT2D eigenvalue weighted by atomic mass is 16.2. The summed E-state index contributed by atoms with van der Waals surface area (Å²) in [6.07, 6.45) is 12.2. The molecule has 2 saturated heterocycles. The molecule has 27 heavy (non-hydrogen) atoms. The lowest BCUT2D eigenvalue weighted by Gasteiger charge is -2.37. The molecule has 1 N–H and O–H groups in total. The molecule has 7 nitrogen and oxygen atoms in total. The highest BCUT2D eigenvalue weighted by Crippen LogP contribution is 2.25. The predicted octanol–water partition coefficient (Wildman–Crippen LogP) is 1.99. The first-order chi connectivity index (χ1) is 13.2. The molecule has 0 bridgehead atoms. The van der Waals surface area contributed by atoms with Gasteiger partial charge in [0.05, 0.1) is 11.9 Å². The summed E-state index contributed by atoms with van der Waals surface area (Å²) in [6, 6.07) is 0. The van der Waals surface area contributed by atoms with Gasteiger partial charge in [0.2, 0.25) is 5.91 Å². The van der Waals surface area contributed by atoms with Gasteiger partial charge in [-0.05, 0) is 58.2 Å². The smallest absolute Gasteiger partial charge is 0.225 e. The average molecular weight is 368 g/mol. The van der Waals surface area contributed by atoms with Gasteiger partial charge in [0, 0.05) is 37.6 Å². The molecule has 0 radical (unpaired) electrons. The largest absolute Gasteiger partial charge is 0.343 e. The Balaban J connectivity index is 1.33. The topological polar surface area (TPSA) is 78.0 Å². The zero-order valence-corrected chi connectivity index (χ0v) is 16.0. The number of piperidine rings is 2. The molecule has 1 amide bonds. The Morgan fingerprint density at radius 3 is 2.70 bits per heavy atom. The van der Waals surface area contributed by atoms with Crippen LogP contribution in [0.25, 0.3) is 11.5 Å². The molecule has 2 aromatic rings. The van der Waals surface area contributed by atoms with E-state index in [1.54, 1.807) is 18.6 Å². The van der Waals surface area contributed by atoms with E-state index in [-0.39, 0.29) is 5.92 Å². The summed E-state index contributed by atoms with van der Waals surface area (Å²) in [6.45, 7) is 3.83. The fraction of sp³-hybridized carbons (Fsp3) is 0.600. The van der Waals surface area contributed by atoms with Crippen molar-refractivity contribution in [3.8, 4) is 11.5 Å². The maximum Gasteiger partial charge on any atom is 0.225 e. The molecule has 1 atom stereocenters. The van der Waals surface area contributed by atoms with E-state index >= 15 is 0 Å². The molecule has 2 aliphatic heterocycles. The van der Waals surface area contributed by atoms with Crippen LogP contribution in [-0.4, -0.2) is 68.9 Å². The quantitative estimate of drug-likeness (QED) is 0.893. The van der Waals surface area contributed by atoms with Gasteiger partial charge in [-0.3, -0.25) is 9.78 Å². The van der Waals surface area contributed by atoms with Crippen LogP contribution in [0.15, 0.2) is 24.8 Å². The summed E-state index contributed by atoms with van der Waals surface area (Å²) in [5.74, 6) is 1.79. The lowest BCUT2D eigenvalue weighted by atomic mass is 9.90. The highest BCUT2D eigenvalue weighted by molar-refractivity contribution is 5.79. The predicted molar refractivity (Wildman–Crippen MR) is 103 cm³/mol. The number of H-pyrrole nitrogens is 1. The zero-order valence-electron chi connectivity index (χ0n) is 16.0. The van der Waals surface area contributed by atoms with Crippen molar-refractivity contribution < 1.29 is 4.79 Å². The van der Waals surface area contributed by atoms with Gasteiger partial charge in [0.15, 0.2) is 5.82 Å². The third-order valence-electron chi connectivity index (χ3n) is 5.84. The first-order valence-electron chi connectivity index (χ1n) is 9.97. The summed E-state index contributed by atoms with van der Waals surface area (Å²) < 4.78 is 0. The number of nitrogens with one attached hydrogen (secondary N) is 1. The van der Waals surface area contributed by atoms with Crippen LogP contribution in [0, 0.1) is 11.8 Å². The summed E-state index contributed by atoms with van der Waals surface area (Å²) in [5, 5.41) is 0. The summed E-state index contributed by atoms with van der Waals surface area (Å²) in [7, 11) is 2.13. The van der Waals surface area contributed by atoms with Crippen LogP contribution in [-0.2, 0) is 11.2 Å². The van der Waals surface area contributed by atoms with Gasteiger partial charge in [0.1, 0.15) is 5.69 Å². The lowest BCUT2D eigenvalue weighted by Crippen LogP contribution is -2.46. The van der Waals surface area contributed by atoms with Gasteiger partial charge in [-0.15, -0.1) is 0 Å². The average Bonchev–Trinajstić information content (AvgIpc) is 3.24. The van der Waals surface area contributed by atoms with Crippen molar-refractivity contribution in [2.24, 2.45) is 11.8 Å². The number of rotatable bonds is 4. The summed E-state index contributed by atoms with van der Waals surface area (Å²) in [5.41, 5.74) is 1.75. The number of amides is 1. The van der Waals surface area contributed by atoms with Crippen molar-refractivity contribution in [3.05, 3.63) is 30.5 Å². The summed E-state index contributed by atoms with van der Waals surface area (Å²) >= 11 is 0. The Labute approximate surface area is 160 Å². The maximum absolute atomic E-state index is 12.9. The molecule has 0 spiro atoms. The van der Waals surface area contributed by atoms with Gasteiger partial charge in [-0.25, -0.2) is 9.97 Å². The van der Waals surface area contributed by atoms with E-state index in [0.29, 0.717) is 11.8 Å². The number of likely N-dealkylation sites (tertiary alicyclic amines) is 2. The molecule has 2 aromatic heterocycles. The molecular formula is C20H28N6O. The van der Waals surface area contributed by atoms with E-state index in [9.17, 15) is 4.79 Å². The fourth-order valence-corrected chi connectivity index (χ4v) is 4.23. The molecule has 4 heterocycles. The van der Waals surface area contributed by atoms with Gasteiger partial charge < -0.3 is 14.8 Å². The van der Waals surface area contributed by atoms with Crippen LogP contribution < -0.4 is 0 Å². The van der Waals surface area contributed by atoms with E-state index in [1.807, 2.05) is 6.20 Å². The van der Waals surface area contributed by atoms with E-state index in [1.165, 1.54) is 0 Å². The SMILES string of the molecule is CN1CCC(C(=O)N2CCCC(Cc3cnc(-c4ncc[nH]4)cn3)C2)CC1. The van der Waals surface area contributed by atoms with Gasteiger partial charge in [-0.2, -0.15) is 0 Å².